The van der Waals surface area contributed by atoms with Crippen LogP contribution in [0.2, 0.25) is 0 Å². The molecular formula is C17H17BrN4O. The first-order chi connectivity index (χ1) is 10.9. The first-order valence-electron chi connectivity index (χ1n) is 7.62. The molecule has 2 aromatic rings. The van der Waals surface area contributed by atoms with Gasteiger partial charge in [0.15, 0.2) is 0 Å². The summed E-state index contributed by atoms with van der Waals surface area (Å²) in [6.45, 7) is 4.17. The Balaban J connectivity index is 1.89. The smallest absolute Gasteiger partial charge is 0.226 e. The summed E-state index contributed by atoms with van der Waals surface area (Å²) in [7, 11) is 0. The highest BCUT2D eigenvalue weighted by Crippen LogP contribution is 2.44. The molecule has 0 amide bonds. The molecule has 0 fully saturated rings. The van der Waals surface area contributed by atoms with Gasteiger partial charge >= 0.3 is 0 Å². The molecule has 0 saturated heterocycles. The van der Waals surface area contributed by atoms with Gasteiger partial charge in [0.25, 0.3) is 0 Å². The second-order valence-electron chi connectivity index (χ2n) is 6.86. The van der Waals surface area contributed by atoms with E-state index in [9.17, 15) is 4.79 Å². The average molecular weight is 373 g/mol. The fourth-order valence-corrected chi connectivity index (χ4v) is 3.83. The summed E-state index contributed by atoms with van der Waals surface area (Å²) in [4.78, 5) is 17.2. The molecule has 23 heavy (non-hydrogen) atoms. The van der Waals surface area contributed by atoms with Crippen LogP contribution in [0.5, 0.6) is 0 Å². The molecule has 4 rings (SSSR count). The summed E-state index contributed by atoms with van der Waals surface area (Å²) in [6.07, 6.45) is 4.24. The number of carbonyl (C=O) groups excluding carboxylic acids is 1. The Morgan fingerprint density at radius 1 is 1.30 bits per heavy atom. The minimum absolute atomic E-state index is 0.137. The standard InChI is InChI=1S/C17H17BrN4O/c1-17(2)7-12-14(13(23)8-17)15(10-3-5-11(18)6-4-10)22-16(21-12)19-9-20-22/h3-7,9,14-15H,8H2,1-2H3,(H,19,20,21). The van der Waals surface area contributed by atoms with Gasteiger partial charge in [-0.2, -0.15) is 10.1 Å². The van der Waals surface area contributed by atoms with Gasteiger partial charge in [-0.25, -0.2) is 4.68 Å². The van der Waals surface area contributed by atoms with Crippen molar-refractivity contribution in [1.82, 2.24) is 14.8 Å². The van der Waals surface area contributed by atoms with Crippen LogP contribution >= 0.6 is 15.9 Å². The lowest BCUT2D eigenvalue weighted by Crippen LogP contribution is -2.42. The normalized spacial score (nSPS) is 25.2. The fourth-order valence-electron chi connectivity index (χ4n) is 3.56. The molecule has 0 spiro atoms. The van der Waals surface area contributed by atoms with E-state index in [1.54, 1.807) is 0 Å². The zero-order valence-electron chi connectivity index (χ0n) is 13.0. The number of aromatic nitrogens is 3. The molecular weight excluding hydrogens is 356 g/mol. The van der Waals surface area contributed by atoms with Crippen LogP contribution in [-0.4, -0.2) is 20.5 Å². The van der Waals surface area contributed by atoms with Gasteiger partial charge in [-0.1, -0.05) is 48.0 Å². The summed E-state index contributed by atoms with van der Waals surface area (Å²) in [5.41, 5.74) is 1.87. The van der Waals surface area contributed by atoms with Gasteiger partial charge in [0, 0.05) is 16.6 Å². The van der Waals surface area contributed by atoms with Gasteiger partial charge in [-0.15, -0.1) is 0 Å². The number of allylic oxidation sites excluding steroid dienone is 2. The van der Waals surface area contributed by atoms with Crippen LogP contribution in [0, 0.1) is 11.3 Å². The third kappa shape index (κ3) is 2.41. The highest BCUT2D eigenvalue weighted by atomic mass is 79.9. The van der Waals surface area contributed by atoms with Crippen molar-refractivity contribution in [2.45, 2.75) is 26.3 Å². The summed E-state index contributed by atoms with van der Waals surface area (Å²) >= 11 is 3.46. The van der Waals surface area contributed by atoms with Crippen LogP contribution in [0.15, 0.2) is 46.8 Å². The number of hydrogen-bond donors (Lipinski definition) is 1. The first-order valence-corrected chi connectivity index (χ1v) is 8.41. The van der Waals surface area contributed by atoms with Crippen LogP contribution in [-0.2, 0) is 4.79 Å². The maximum Gasteiger partial charge on any atom is 0.226 e. The second kappa shape index (κ2) is 5.03. The second-order valence-corrected chi connectivity index (χ2v) is 7.77. The number of nitrogens with one attached hydrogen (secondary N) is 1. The summed E-state index contributed by atoms with van der Waals surface area (Å²) in [5, 5.41) is 7.65. The number of Topliss-reactive ketones (excluding diaryl/α,β-unsaturated/α-hetero) is 1. The van der Waals surface area contributed by atoms with Crippen LogP contribution in [0.4, 0.5) is 5.95 Å². The Morgan fingerprint density at radius 2 is 2.04 bits per heavy atom. The molecule has 1 aliphatic carbocycles. The van der Waals surface area contributed by atoms with E-state index in [1.165, 1.54) is 6.33 Å². The molecule has 5 nitrogen and oxygen atoms in total. The number of halogens is 1. The zero-order chi connectivity index (χ0) is 16.2. The Labute approximate surface area is 142 Å². The van der Waals surface area contributed by atoms with E-state index < -0.39 is 0 Å². The Hall–Kier alpha value is -1.95. The van der Waals surface area contributed by atoms with Crippen molar-refractivity contribution < 1.29 is 4.79 Å². The molecule has 0 bridgehead atoms. The van der Waals surface area contributed by atoms with Crippen molar-refractivity contribution >= 4 is 27.7 Å². The summed E-state index contributed by atoms with van der Waals surface area (Å²) in [6, 6.07) is 7.91. The monoisotopic (exact) mass is 372 g/mol. The van der Waals surface area contributed by atoms with Crippen molar-refractivity contribution in [1.29, 1.82) is 0 Å². The topological polar surface area (TPSA) is 59.8 Å². The molecule has 2 heterocycles. The molecule has 1 aromatic carbocycles. The zero-order valence-corrected chi connectivity index (χ0v) is 14.5. The number of benzene rings is 1. The van der Waals surface area contributed by atoms with Crippen molar-refractivity contribution in [2.75, 3.05) is 5.32 Å². The Kier molecular flexibility index (Phi) is 3.20. The number of nitrogens with zero attached hydrogens (tertiary/aromatic N) is 3. The van der Waals surface area contributed by atoms with Gasteiger partial charge in [-0.3, -0.25) is 4.79 Å². The maximum absolute atomic E-state index is 12.9. The molecule has 2 atom stereocenters. The highest BCUT2D eigenvalue weighted by Gasteiger charge is 2.44. The van der Waals surface area contributed by atoms with Crippen LogP contribution in [0.1, 0.15) is 31.9 Å². The molecule has 2 unspecified atom stereocenters. The third-order valence-corrected chi connectivity index (χ3v) is 5.01. The minimum atomic E-state index is -0.238. The van der Waals surface area contributed by atoms with Crippen LogP contribution < -0.4 is 5.32 Å². The Bertz CT molecular complexity index is 806. The SMILES string of the molecule is CC1(C)C=C2Nc3ncnn3C(c3ccc(Br)cc3)C2C(=O)C1. The number of ketones is 1. The van der Waals surface area contributed by atoms with Gasteiger partial charge in [-0.05, 0) is 23.1 Å². The first kappa shape index (κ1) is 14.6. The molecule has 1 N–H and O–H groups in total. The van der Waals surface area contributed by atoms with E-state index in [2.05, 4.69) is 51.3 Å². The van der Waals surface area contributed by atoms with Crippen molar-refractivity contribution in [3.63, 3.8) is 0 Å². The summed E-state index contributed by atoms with van der Waals surface area (Å²) in [5.74, 6) is 0.693. The van der Waals surface area contributed by atoms with Crippen molar-refractivity contribution in [2.24, 2.45) is 11.3 Å². The molecule has 0 saturated carbocycles. The highest BCUT2D eigenvalue weighted by molar-refractivity contribution is 9.10. The predicted octanol–water partition coefficient (Wildman–Crippen LogP) is 3.55. The fraction of sp³-hybridized carbons (Fsp3) is 0.353. The molecule has 118 valence electrons. The largest absolute Gasteiger partial charge is 0.328 e. The lowest BCUT2D eigenvalue weighted by molar-refractivity contribution is -0.125. The molecule has 2 aliphatic rings. The molecule has 0 radical (unpaired) electrons. The van der Waals surface area contributed by atoms with E-state index in [1.807, 2.05) is 28.9 Å². The maximum atomic E-state index is 12.9. The van der Waals surface area contributed by atoms with E-state index in [0.29, 0.717) is 12.4 Å². The minimum Gasteiger partial charge on any atom is -0.328 e. The quantitative estimate of drug-likeness (QED) is 0.831. The van der Waals surface area contributed by atoms with E-state index >= 15 is 0 Å². The van der Waals surface area contributed by atoms with Crippen LogP contribution in [0.3, 0.4) is 0 Å². The van der Waals surface area contributed by atoms with Crippen molar-refractivity contribution in [3.8, 4) is 0 Å². The Morgan fingerprint density at radius 3 is 2.78 bits per heavy atom. The van der Waals surface area contributed by atoms with Gasteiger partial charge < -0.3 is 5.32 Å². The lowest BCUT2D eigenvalue weighted by Gasteiger charge is -2.40. The summed E-state index contributed by atoms with van der Waals surface area (Å²) < 4.78 is 2.84. The van der Waals surface area contributed by atoms with E-state index in [0.717, 1.165) is 15.7 Å². The number of fused-ring (bicyclic) bond motifs is 2. The molecule has 6 heteroatoms. The van der Waals surface area contributed by atoms with Gasteiger partial charge in [0.05, 0.1) is 12.0 Å². The average Bonchev–Trinajstić information content (AvgIpc) is 2.92. The number of rotatable bonds is 1. The third-order valence-electron chi connectivity index (χ3n) is 4.48. The molecule has 1 aliphatic heterocycles. The van der Waals surface area contributed by atoms with E-state index in [4.69, 9.17) is 0 Å². The van der Waals surface area contributed by atoms with E-state index in [-0.39, 0.29) is 23.2 Å². The van der Waals surface area contributed by atoms with Gasteiger partial charge in [0.2, 0.25) is 5.95 Å². The lowest BCUT2D eigenvalue weighted by atomic mass is 9.72. The van der Waals surface area contributed by atoms with Crippen molar-refractivity contribution in [3.05, 3.63) is 52.4 Å². The molecule has 1 aromatic heterocycles. The number of hydrogen-bond acceptors (Lipinski definition) is 4. The predicted molar refractivity (Wildman–Crippen MR) is 90.9 cm³/mol. The number of carbonyl (C=O) groups is 1. The van der Waals surface area contributed by atoms with Crippen LogP contribution in [0.25, 0.3) is 0 Å². The number of anilines is 1. The van der Waals surface area contributed by atoms with Gasteiger partial charge in [0.1, 0.15) is 12.1 Å².